The minimum atomic E-state index is -0.582. The van der Waals surface area contributed by atoms with Crippen LogP contribution >= 0.6 is 0 Å². The lowest BCUT2D eigenvalue weighted by Crippen LogP contribution is -2.48. The van der Waals surface area contributed by atoms with E-state index >= 15 is 0 Å². The first-order valence-electron chi connectivity index (χ1n) is 12.8. The van der Waals surface area contributed by atoms with Crippen molar-refractivity contribution in [3.8, 4) is 11.5 Å². The number of nitrogens with zero attached hydrogens (tertiary/aromatic N) is 2. The van der Waals surface area contributed by atoms with E-state index in [-0.39, 0.29) is 5.92 Å². The van der Waals surface area contributed by atoms with Crippen LogP contribution in [0.1, 0.15) is 43.5 Å². The summed E-state index contributed by atoms with van der Waals surface area (Å²) in [6.45, 7) is 1.86. The molecule has 3 atom stereocenters. The molecule has 35 heavy (non-hydrogen) atoms. The Kier molecular flexibility index (Phi) is 6.85. The molecular weight excluding hydrogens is 438 g/mol. The second-order valence-corrected chi connectivity index (χ2v) is 10.2. The minimum Gasteiger partial charge on any atom is -0.494 e. The van der Waals surface area contributed by atoms with Crippen LogP contribution in [-0.2, 0) is 6.42 Å². The van der Waals surface area contributed by atoms with Gasteiger partial charge in [-0.3, -0.25) is 0 Å². The molecule has 2 N–H and O–H groups in total. The van der Waals surface area contributed by atoms with Gasteiger partial charge in [-0.2, -0.15) is 0 Å². The maximum Gasteiger partial charge on any atom is 0.146 e. The molecule has 2 aromatic carbocycles. The van der Waals surface area contributed by atoms with Crippen molar-refractivity contribution >= 4 is 16.6 Å². The van der Waals surface area contributed by atoms with Gasteiger partial charge in [0.2, 0.25) is 0 Å². The molecule has 186 valence electrons. The number of hydrogen-bond acceptors (Lipinski definition) is 5. The van der Waals surface area contributed by atoms with Crippen molar-refractivity contribution < 1.29 is 14.6 Å². The predicted molar refractivity (Wildman–Crippen MR) is 140 cm³/mol. The van der Waals surface area contributed by atoms with Gasteiger partial charge in [0.05, 0.1) is 19.8 Å². The van der Waals surface area contributed by atoms with E-state index in [9.17, 15) is 5.11 Å². The van der Waals surface area contributed by atoms with E-state index in [0.29, 0.717) is 5.92 Å². The second-order valence-electron chi connectivity index (χ2n) is 10.2. The fourth-order valence-electron chi connectivity index (χ4n) is 5.99. The Balaban J connectivity index is 1.15. The van der Waals surface area contributed by atoms with Gasteiger partial charge in [-0.05, 0) is 74.9 Å². The summed E-state index contributed by atoms with van der Waals surface area (Å²) in [5.74, 6) is 3.20. The molecule has 0 unspecified atom stereocenters. The standard InChI is InChI=1S/C29H37N3O3/c1-32(16-7-10-26-30-27-24(34-2)13-14-25(35-3)28(27)31-26)17-15-29(33)19-21-11-12-22(29)18-23(21)20-8-5-4-6-9-20/h4-6,8-9,13-14,18,21-22,33H,7,10-12,15-17,19H2,1-3H3,(H,30,31)/t21-,22+,29+/m1/s1. The number of methoxy groups -OCH3 is 2. The zero-order chi connectivity index (χ0) is 24.4. The first-order valence-corrected chi connectivity index (χ1v) is 12.8. The van der Waals surface area contributed by atoms with E-state index in [2.05, 4.69) is 53.3 Å². The molecule has 6 heteroatoms. The molecule has 0 saturated heterocycles. The summed E-state index contributed by atoms with van der Waals surface area (Å²) in [5, 5.41) is 11.5. The fourth-order valence-corrected chi connectivity index (χ4v) is 5.99. The third-order valence-electron chi connectivity index (χ3n) is 7.98. The summed E-state index contributed by atoms with van der Waals surface area (Å²) >= 11 is 0. The molecule has 3 aliphatic rings. The molecule has 6 rings (SSSR count). The quantitative estimate of drug-likeness (QED) is 0.428. The number of aryl methyl sites for hydroxylation is 1. The van der Waals surface area contributed by atoms with Gasteiger partial charge in [-0.15, -0.1) is 0 Å². The summed E-state index contributed by atoms with van der Waals surface area (Å²) in [7, 11) is 5.48. The fraction of sp³-hybridized carbons (Fsp3) is 0.483. The van der Waals surface area contributed by atoms with Crippen molar-refractivity contribution in [2.75, 3.05) is 34.4 Å². The summed E-state index contributed by atoms with van der Waals surface area (Å²) in [5.41, 5.74) is 3.88. The Bertz CT molecular complexity index is 1150. The van der Waals surface area contributed by atoms with E-state index in [1.165, 1.54) is 17.6 Å². The highest BCUT2D eigenvalue weighted by atomic mass is 16.5. The van der Waals surface area contributed by atoms with Crippen LogP contribution in [0.25, 0.3) is 16.6 Å². The number of allylic oxidation sites excluding steroid dienone is 1. The number of hydrogen-bond donors (Lipinski definition) is 2. The van der Waals surface area contributed by atoms with Gasteiger partial charge in [0.15, 0.2) is 0 Å². The van der Waals surface area contributed by atoms with Crippen LogP contribution in [0.3, 0.4) is 0 Å². The molecule has 1 fully saturated rings. The molecule has 1 aromatic heterocycles. The van der Waals surface area contributed by atoms with E-state index in [0.717, 1.165) is 73.6 Å². The molecule has 3 aliphatic carbocycles. The van der Waals surface area contributed by atoms with Gasteiger partial charge in [0.1, 0.15) is 28.4 Å². The molecular formula is C29H37N3O3. The number of aromatic nitrogens is 2. The van der Waals surface area contributed by atoms with Crippen molar-refractivity contribution in [3.63, 3.8) is 0 Å². The predicted octanol–water partition coefficient (Wildman–Crippen LogP) is 5.08. The normalized spacial score (nSPS) is 23.6. The number of rotatable bonds is 10. The molecule has 3 aromatic rings. The summed E-state index contributed by atoms with van der Waals surface area (Å²) in [6.07, 6.45) is 8.21. The Morgan fingerprint density at radius 2 is 1.83 bits per heavy atom. The Labute approximate surface area is 208 Å². The van der Waals surface area contributed by atoms with Gasteiger partial charge in [0, 0.05) is 18.9 Å². The van der Waals surface area contributed by atoms with Gasteiger partial charge < -0.3 is 24.5 Å². The Hall–Kier alpha value is -2.83. The number of aliphatic hydroxyl groups is 1. The number of nitrogens with one attached hydrogen (secondary N) is 1. The highest BCUT2D eigenvalue weighted by Gasteiger charge is 2.46. The van der Waals surface area contributed by atoms with Crippen LogP contribution in [-0.4, -0.2) is 59.9 Å². The number of imidazole rings is 1. The largest absolute Gasteiger partial charge is 0.494 e. The van der Waals surface area contributed by atoms with Gasteiger partial charge in [0.25, 0.3) is 0 Å². The lowest BCUT2D eigenvalue weighted by atomic mass is 9.61. The van der Waals surface area contributed by atoms with Crippen LogP contribution in [0.5, 0.6) is 11.5 Å². The third kappa shape index (κ3) is 4.82. The van der Waals surface area contributed by atoms with Crippen molar-refractivity contribution in [3.05, 3.63) is 59.9 Å². The van der Waals surface area contributed by atoms with E-state index in [1.807, 2.05) is 12.1 Å². The van der Waals surface area contributed by atoms with Crippen molar-refractivity contribution in [1.29, 1.82) is 0 Å². The van der Waals surface area contributed by atoms with E-state index < -0.39 is 5.60 Å². The van der Waals surface area contributed by atoms with Crippen molar-refractivity contribution in [2.45, 2.75) is 44.1 Å². The zero-order valence-electron chi connectivity index (χ0n) is 21.1. The minimum absolute atomic E-state index is 0.261. The zero-order valence-corrected chi connectivity index (χ0v) is 21.1. The lowest BCUT2D eigenvalue weighted by Gasteiger charge is -2.48. The first kappa shape index (κ1) is 23.9. The molecule has 0 radical (unpaired) electrons. The van der Waals surface area contributed by atoms with E-state index in [1.54, 1.807) is 14.2 Å². The van der Waals surface area contributed by atoms with Gasteiger partial charge in [-0.1, -0.05) is 36.4 Å². The monoisotopic (exact) mass is 475 g/mol. The average molecular weight is 476 g/mol. The maximum absolute atomic E-state index is 11.5. The van der Waals surface area contributed by atoms with Gasteiger partial charge >= 0.3 is 0 Å². The third-order valence-corrected chi connectivity index (χ3v) is 7.98. The lowest BCUT2D eigenvalue weighted by molar-refractivity contribution is -0.0574. The highest BCUT2D eigenvalue weighted by molar-refractivity contribution is 5.87. The number of benzene rings is 2. The van der Waals surface area contributed by atoms with Crippen LogP contribution in [0.2, 0.25) is 0 Å². The maximum atomic E-state index is 11.5. The molecule has 0 spiro atoms. The van der Waals surface area contributed by atoms with Crippen molar-refractivity contribution in [1.82, 2.24) is 14.9 Å². The molecule has 1 saturated carbocycles. The average Bonchev–Trinajstić information content (AvgIpc) is 3.32. The molecule has 0 amide bonds. The molecule has 6 nitrogen and oxygen atoms in total. The first-order chi connectivity index (χ1) is 17.0. The molecule has 0 aliphatic heterocycles. The summed E-state index contributed by atoms with van der Waals surface area (Å²) in [6, 6.07) is 14.5. The van der Waals surface area contributed by atoms with Gasteiger partial charge in [-0.25, -0.2) is 4.98 Å². The van der Waals surface area contributed by atoms with E-state index in [4.69, 9.17) is 14.5 Å². The Morgan fingerprint density at radius 1 is 1.06 bits per heavy atom. The molecule has 1 heterocycles. The number of ether oxygens (including phenoxy) is 2. The topological polar surface area (TPSA) is 70.6 Å². The van der Waals surface area contributed by atoms with Crippen molar-refractivity contribution in [2.24, 2.45) is 11.8 Å². The molecule has 2 bridgehead atoms. The SMILES string of the molecule is COc1ccc(OC)c2[nH]c(CCCN(C)CC[C@]3(O)C[C@H]4CC[C@H]3C=C4c3ccccc3)nc12. The van der Waals surface area contributed by atoms with Crippen LogP contribution in [0.4, 0.5) is 0 Å². The highest BCUT2D eigenvalue weighted by Crippen LogP contribution is 2.51. The number of aromatic amines is 1. The second kappa shape index (κ2) is 10.0. The van der Waals surface area contributed by atoms with Crippen LogP contribution in [0.15, 0.2) is 48.5 Å². The van der Waals surface area contributed by atoms with Crippen LogP contribution in [0, 0.1) is 11.8 Å². The number of H-pyrrole nitrogens is 1. The smallest absolute Gasteiger partial charge is 0.146 e. The Morgan fingerprint density at radius 3 is 2.54 bits per heavy atom. The number of fused-ring (bicyclic) bond motifs is 3. The summed E-state index contributed by atoms with van der Waals surface area (Å²) < 4.78 is 10.9. The summed E-state index contributed by atoms with van der Waals surface area (Å²) in [4.78, 5) is 10.5. The van der Waals surface area contributed by atoms with Crippen LogP contribution < -0.4 is 9.47 Å².